The number of phenolic OH excluding ortho intramolecular Hbond substituents is 1. The van der Waals surface area contributed by atoms with E-state index in [1.165, 1.54) is 44.1 Å². The van der Waals surface area contributed by atoms with E-state index in [9.17, 15) is 5.11 Å². The highest BCUT2D eigenvalue weighted by molar-refractivity contribution is 6.17. The van der Waals surface area contributed by atoms with E-state index in [2.05, 4.69) is 23.2 Å². The summed E-state index contributed by atoms with van der Waals surface area (Å²) in [4.78, 5) is 4.38. The van der Waals surface area contributed by atoms with Gasteiger partial charge in [0.1, 0.15) is 11.3 Å². The lowest BCUT2D eigenvalue weighted by Gasteiger charge is -2.08. The molecule has 1 heterocycles. The van der Waals surface area contributed by atoms with Crippen LogP contribution in [0.15, 0.2) is 36.5 Å². The molecule has 3 heteroatoms. The van der Waals surface area contributed by atoms with Crippen molar-refractivity contribution >= 4 is 22.5 Å². The van der Waals surface area contributed by atoms with Gasteiger partial charge in [0.05, 0.1) is 0 Å². The lowest BCUT2D eigenvalue weighted by molar-refractivity contribution is 0.480. The van der Waals surface area contributed by atoms with Crippen LogP contribution in [0.4, 0.5) is 0 Å². The average Bonchev–Trinajstić information content (AvgIpc) is 2.61. The Labute approximate surface area is 156 Å². The van der Waals surface area contributed by atoms with Gasteiger partial charge in [0.15, 0.2) is 0 Å². The molecule has 0 saturated heterocycles. The average molecular weight is 360 g/mol. The molecule has 0 amide bonds. The number of hydrogen-bond acceptors (Lipinski definition) is 2. The van der Waals surface area contributed by atoms with Gasteiger partial charge in [0.2, 0.25) is 0 Å². The van der Waals surface area contributed by atoms with E-state index in [0.29, 0.717) is 0 Å². The Hall–Kier alpha value is -1.54. The van der Waals surface area contributed by atoms with E-state index in [1.807, 2.05) is 19.2 Å². The second-order valence-electron chi connectivity index (χ2n) is 6.76. The van der Waals surface area contributed by atoms with Crippen LogP contribution in [0, 0.1) is 6.92 Å². The molecule has 0 fully saturated rings. The summed E-state index contributed by atoms with van der Waals surface area (Å²) in [6.45, 7) is 2.05. The molecule has 1 aromatic carbocycles. The highest BCUT2D eigenvalue weighted by Gasteiger charge is 2.06. The van der Waals surface area contributed by atoms with E-state index in [4.69, 9.17) is 11.6 Å². The van der Waals surface area contributed by atoms with Crippen LogP contribution in [0.2, 0.25) is 0 Å². The van der Waals surface area contributed by atoms with Crippen LogP contribution >= 0.6 is 11.6 Å². The number of rotatable bonds is 11. The standard InChI is InChI=1S/C22H30ClNO/c1-18-16-20-19(13-14-21(25)22(20)24-17-18)12-10-8-6-4-2-3-5-7-9-11-15-23/h3,5,13-14,16-17,25H,2,4,6-12,15H2,1H3. The smallest absolute Gasteiger partial charge is 0.141 e. The number of hydrogen-bond donors (Lipinski definition) is 1. The Bertz CT molecular complexity index is 681. The molecular weight excluding hydrogens is 330 g/mol. The maximum Gasteiger partial charge on any atom is 0.141 e. The number of aromatic nitrogens is 1. The Balaban J connectivity index is 1.70. The molecule has 1 N–H and O–H groups in total. The topological polar surface area (TPSA) is 33.1 Å². The van der Waals surface area contributed by atoms with Crippen molar-refractivity contribution in [2.45, 2.75) is 64.7 Å². The minimum atomic E-state index is 0.275. The number of aromatic hydroxyl groups is 1. The molecule has 0 bridgehead atoms. The Morgan fingerprint density at radius 1 is 1.00 bits per heavy atom. The first kappa shape index (κ1) is 19.8. The van der Waals surface area contributed by atoms with Crippen molar-refractivity contribution in [3.05, 3.63) is 47.7 Å². The Morgan fingerprint density at radius 2 is 1.72 bits per heavy atom. The first-order valence-corrected chi connectivity index (χ1v) is 10.0. The zero-order valence-electron chi connectivity index (χ0n) is 15.3. The molecule has 0 aliphatic rings. The second kappa shape index (κ2) is 11.1. The summed E-state index contributed by atoms with van der Waals surface area (Å²) in [5.41, 5.74) is 3.16. The molecule has 0 aliphatic heterocycles. The number of allylic oxidation sites excluding steroid dienone is 2. The first-order valence-electron chi connectivity index (χ1n) is 9.50. The molecule has 2 rings (SSSR count). The van der Waals surface area contributed by atoms with Crippen molar-refractivity contribution in [2.75, 3.05) is 5.88 Å². The molecule has 1 aromatic heterocycles. The van der Waals surface area contributed by atoms with Gasteiger partial charge >= 0.3 is 0 Å². The zero-order valence-corrected chi connectivity index (χ0v) is 16.1. The molecule has 136 valence electrons. The lowest BCUT2D eigenvalue weighted by Crippen LogP contribution is -1.91. The normalized spacial score (nSPS) is 11.6. The maximum atomic E-state index is 9.97. The fourth-order valence-electron chi connectivity index (χ4n) is 3.11. The maximum absolute atomic E-state index is 9.97. The van der Waals surface area contributed by atoms with Crippen LogP contribution in [0.3, 0.4) is 0 Å². The number of nitrogens with zero attached hydrogens (tertiary/aromatic N) is 1. The Kier molecular flexibility index (Phi) is 8.82. The molecule has 25 heavy (non-hydrogen) atoms. The summed E-state index contributed by atoms with van der Waals surface area (Å²) in [7, 11) is 0. The van der Waals surface area contributed by atoms with E-state index in [0.717, 1.165) is 41.6 Å². The number of aryl methyl sites for hydroxylation is 2. The molecule has 0 saturated carbocycles. The van der Waals surface area contributed by atoms with Crippen molar-refractivity contribution in [3.63, 3.8) is 0 Å². The van der Waals surface area contributed by atoms with Crippen molar-refractivity contribution in [1.29, 1.82) is 0 Å². The predicted molar refractivity (Wildman–Crippen MR) is 109 cm³/mol. The summed E-state index contributed by atoms with van der Waals surface area (Å²) in [5, 5.41) is 11.1. The molecule has 0 aliphatic carbocycles. The molecule has 2 aromatic rings. The van der Waals surface area contributed by atoms with Gasteiger partial charge in [-0.1, -0.05) is 31.1 Å². The van der Waals surface area contributed by atoms with Crippen LogP contribution in [0.1, 0.15) is 62.5 Å². The fourth-order valence-corrected chi connectivity index (χ4v) is 3.30. The third kappa shape index (κ3) is 6.70. The number of phenols is 1. The minimum absolute atomic E-state index is 0.275. The van der Waals surface area contributed by atoms with Gasteiger partial charge in [-0.05, 0) is 75.1 Å². The van der Waals surface area contributed by atoms with Gasteiger partial charge in [-0.25, -0.2) is 0 Å². The molecular formula is C22H30ClNO. The number of halogens is 1. The Morgan fingerprint density at radius 3 is 2.48 bits per heavy atom. The van der Waals surface area contributed by atoms with E-state index >= 15 is 0 Å². The van der Waals surface area contributed by atoms with Gasteiger partial charge < -0.3 is 5.11 Å². The molecule has 0 unspecified atom stereocenters. The third-order valence-corrected chi connectivity index (χ3v) is 4.81. The van der Waals surface area contributed by atoms with Crippen LogP contribution in [-0.4, -0.2) is 16.0 Å². The van der Waals surface area contributed by atoms with Crippen LogP contribution in [-0.2, 0) is 6.42 Å². The summed E-state index contributed by atoms with van der Waals surface area (Å²) >= 11 is 5.66. The number of alkyl halides is 1. The number of benzene rings is 1. The van der Waals surface area contributed by atoms with Gasteiger partial charge in [-0.2, -0.15) is 0 Å². The second-order valence-corrected chi connectivity index (χ2v) is 7.14. The summed E-state index contributed by atoms with van der Waals surface area (Å²) in [5.74, 6) is 1.05. The number of fused-ring (bicyclic) bond motifs is 1. The predicted octanol–water partition coefficient (Wildman–Crippen LogP) is 6.71. The number of pyridine rings is 1. The van der Waals surface area contributed by atoms with Crippen molar-refractivity contribution < 1.29 is 5.11 Å². The third-order valence-electron chi connectivity index (χ3n) is 4.54. The highest BCUT2D eigenvalue weighted by atomic mass is 35.5. The number of unbranched alkanes of at least 4 members (excludes halogenated alkanes) is 6. The minimum Gasteiger partial charge on any atom is -0.506 e. The summed E-state index contributed by atoms with van der Waals surface area (Å²) in [6.07, 6.45) is 17.1. The molecule has 0 radical (unpaired) electrons. The van der Waals surface area contributed by atoms with Crippen molar-refractivity contribution in [3.8, 4) is 5.75 Å². The van der Waals surface area contributed by atoms with Gasteiger partial charge in [0, 0.05) is 17.5 Å². The summed E-state index contributed by atoms with van der Waals surface area (Å²) < 4.78 is 0. The monoisotopic (exact) mass is 359 g/mol. The summed E-state index contributed by atoms with van der Waals surface area (Å²) in [6, 6.07) is 5.95. The van der Waals surface area contributed by atoms with Gasteiger partial charge in [-0.3, -0.25) is 4.98 Å². The van der Waals surface area contributed by atoms with Crippen molar-refractivity contribution in [2.24, 2.45) is 0 Å². The molecule has 0 spiro atoms. The van der Waals surface area contributed by atoms with E-state index < -0.39 is 0 Å². The lowest BCUT2D eigenvalue weighted by atomic mass is 10.00. The van der Waals surface area contributed by atoms with Gasteiger partial charge in [0.25, 0.3) is 0 Å². The van der Waals surface area contributed by atoms with Gasteiger partial charge in [-0.15, -0.1) is 11.6 Å². The van der Waals surface area contributed by atoms with E-state index in [-0.39, 0.29) is 5.75 Å². The fraction of sp³-hybridized carbons (Fsp3) is 0.500. The quantitative estimate of drug-likeness (QED) is 0.275. The molecule has 0 atom stereocenters. The van der Waals surface area contributed by atoms with E-state index in [1.54, 1.807) is 6.07 Å². The largest absolute Gasteiger partial charge is 0.506 e. The van der Waals surface area contributed by atoms with Crippen LogP contribution in [0.25, 0.3) is 10.9 Å². The molecule has 2 nitrogen and oxygen atoms in total. The highest BCUT2D eigenvalue weighted by Crippen LogP contribution is 2.27. The first-order chi connectivity index (χ1) is 12.2. The van der Waals surface area contributed by atoms with Crippen molar-refractivity contribution in [1.82, 2.24) is 4.98 Å². The van der Waals surface area contributed by atoms with Crippen LogP contribution in [0.5, 0.6) is 5.75 Å². The SMILES string of the molecule is Cc1cnc2c(O)ccc(CCCCCCC=CCCCCCl)c2c1. The zero-order chi connectivity index (χ0) is 17.9. The van der Waals surface area contributed by atoms with Crippen LogP contribution < -0.4 is 0 Å².